The van der Waals surface area contributed by atoms with E-state index in [0.717, 1.165) is 47.7 Å². The van der Waals surface area contributed by atoms with Crippen molar-refractivity contribution in [3.8, 4) is 5.75 Å². The molecule has 1 unspecified atom stereocenters. The van der Waals surface area contributed by atoms with E-state index in [1.54, 1.807) is 0 Å². The molecule has 1 fully saturated rings. The number of hydrogen-bond donors (Lipinski definition) is 2. The maximum absolute atomic E-state index is 12.3. The maximum atomic E-state index is 12.3. The van der Waals surface area contributed by atoms with Crippen molar-refractivity contribution in [2.45, 2.75) is 32.8 Å². The van der Waals surface area contributed by atoms with Gasteiger partial charge < -0.3 is 20.1 Å². The summed E-state index contributed by atoms with van der Waals surface area (Å²) in [6.07, 6.45) is 2.31. The minimum Gasteiger partial charge on any atom is -0.491 e. The lowest BCUT2D eigenvalue weighted by Crippen LogP contribution is -2.22. The second-order valence-corrected chi connectivity index (χ2v) is 6.64. The summed E-state index contributed by atoms with van der Waals surface area (Å²) < 4.78 is 11.3. The molecule has 0 spiro atoms. The fourth-order valence-corrected chi connectivity index (χ4v) is 3.10. The summed E-state index contributed by atoms with van der Waals surface area (Å²) in [5.74, 6) is 0.643. The molecule has 0 bridgehead atoms. The highest BCUT2D eigenvalue weighted by Crippen LogP contribution is 2.21. The molecule has 1 aliphatic heterocycles. The van der Waals surface area contributed by atoms with Gasteiger partial charge in [0, 0.05) is 24.0 Å². The lowest BCUT2D eigenvalue weighted by molar-refractivity contribution is -0.114. The molecule has 5 heteroatoms. The molecule has 1 atom stereocenters. The van der Waals surface area contributed by atoms with Gasteiger partial charge in [-0.25, -0.2) is 0 Å². The smallest absolute Gasteiger partial charge is 0.243 e. The molecule has 0 aromatic heterocycles. The molecular formula is C21H26N2O3. The Morgan fingerprint density at radius 2 is 1.96 bits per heavy atom. The van der Waals surface area contributed by atoms with Crippen LogP contribution >= 0.6 is 0 Å². The predicted octanol–water partition coefficient (Wildman–Crippen LogP) is 3.91. The predicted molar refractivity (Wildman–Crippen MR) is 104 cm³/mol. The SMILES string of the molecule is Cc1cccc(C)c1NCC(=O)Nc1cccc(OCC2CCCO2)c1. The van der Waals surface area contributed by atoms with Crippen molar-refractivity contribution in [2.24, 2.45) is 0 Å². The molecule has 138 valence electrons. The summed E-state index contributed by atoms with van der Waals surface area (Å²) in [5, 5.41) is 6.13. The monoisotopic (exact) mass is 354 g/mol. The van der Waals surface area contributed by atoms with E-state index in [4.69, 9.17) is 9.47 Å². The number of aryl methyl sites for hydroxylation is 2. The second kappa shape index (κ2) is 8.72. The fourth-order valence-electron chi connectivity index (χ4n) is 3.10. The number of nitrogens with one attached hydrogen (secondary N) is 2. The van der Waals surface area contributed by atoms with Crippen LogP contribution in [0.2, 0.25) is 0 Å². The molecule has 0 radical (unpaired) electrons. The third kappa shape index (κ3) is 4.99. The molecule has 1 heterocycles. The van der Waals surface area contributed by atoms with Gasteiger partial charge in [-0.05, 0) is 49.9 Å². The van der Waals surface area contributed by atoms with Gasteiger partial charge in [0.25, 0.3) is 0 Å². The van der Waals surface area contributed by atoms with Gasteiger partial charge in [-0.15, -0.1) is 0 Å². The zero-order chi connectivity index (χ0) is 18.4. The van der Waals surface area contributed by atoms with Crippen LogP contribution in [0, 0.1) is 13.8 Å². The van der Waals surface area contributed by atoms with Crippen LogP contribution in [0.5, 0.6) is 5.75 Å². The van der Waals surface area contributed by atoms with Crippen molar-refractivity contribution in [1.29, 1.82) is 0 Å². The van der Waals surface area contributed by atoms with E-state index in [-0.39, 0.29) is 18.6 Å². The van der Waals surface area contributed by atoms with Gasteiger partial charge >= 0.3 is 0 Å². The van der Waals surface area contributed by atoms with Crippen molar-refractivity contribution in [3.63, 3.8) is 0 Å². The Morgan fingerprint density at radius 3 is 2.69 bits per heavy atom. The highest BCUT2D eigenvalue weighted by atomic mass is 16.5. The third-order valence-corrected chi connectivity index (χ3v) is 4.48. The Hall–Kier alpha value is -2.53. The molecule has 0 aliphatic carbocycles. The summed E-state index contributed by atoms with van der Waals surface area (Å²) in [6.45, 7) is 5.64. The van der Waals surface area contributed by atoms with Crippen molar-refractivity contribution in [2.75, 3.05) is 30.4 Å². The molecule has 0 saturated carbocycles. The Balaban J connectivity index is 1.51. The zero-order valence-corrected chi connectivity index (χ0v) is 15.4. The van der Waals surface area contributed by atoms with Crippen LogP contribution in [-0.2, 0) is 9.53 Å². The van der Waals surface area contributed by atoms with E-state index >= 15 is 0 Å². The molecule has 2 N–H and O–H groups in total. The van der Waals surface area contributed by atoms with E-state index < -0.39 is 0 Å². The molecule has 1 amide bonds. The summed E-state index contributed by atoms with van der Waals surface area (Å²) in [5.41, 5.74) is 3.99. The quantitative estimate of drug-likeness (QED) is 0.791. The van der Waals surface area contributed by atoms with Crippen molar-refractivity contribution >= 4 is 17.3 Å². The van der Waals surface area contributed by atoms with Crippen molar-refractivity contribution in [3.05, 3.63) is 53.6 Å². The van der Waals surface area contributed by atoms with E-state index in [2.05, 4.69) is 10.6 Å². The van der Waals surface area contributed by atoms with Gasteiger partial charge in [0.05, 0.1) is 12.6 Å². The van der Waals surface area contributed by atoms with E-state index in [1.807, 2.05) is 56.3 Å². The van der Waals surface area contributed by atoms with Crippen molar-refractivity contribution in [1.82, 2.24) is 0 Å². The van der Waals surface area contributed by atoms with E-state index in [0.29, 0.717) is 6.61 Å². The van der Waals surface area contributed by atoms with E-state index in [1.165, 1.54) is 0 Å². The average molecular weight is 354 g/mol. The van der Waals surface area contributed by atoms with E-state index in [9.17, 15) is 4.79 Å². The highest BCUT2D eigenvalue weighted by Gasteiger charge is 2.16. The van der Waals surface area contributed by atoms with Crippen LogP contribution in [0.15, 0.2) is 42.5 Å². The molecule has 1 saturated heterocycles. The second-order valence-electron chi connectivity index (χ2n) is 6.64. The molecule has 2 aromatic carbocycles. The molecular weight excluding hydrogens is 328 g/mol. The average Bonchev–Trinajstić information content (AvgIpc) is 3.13. The number of benzene rings is 2. The zero-order valence-electron chi connectivity index (χ0n) is 15.4. The summed E-state index contributed by atoms with van der Waals surface area (Å²) >= 11 is 0. The standard InChI is InChI=1S/C21H26N2O3/c1-15-6-3-7-16(2)21(15)22-13-20(24)23-17-8-4-9-18(12-17)26-14-19-10-5-11-25-19/h3-4,6-9,12,19,22H,5,10-11,13-14H2,1-2H3,(H,23,24). The molecule has 1 aliphatic rings. The van der Waals surface area contributed by atoms with Crippen molar-refractivity contribution < 1.29 is 14.3 Å². The number of carbonyl (C=O) groups excluding carboxylic acids is 1. The first-order chi connectivity index (χ1) is 12.6. The van der Waals surface area contributed by atoms with Crippen LogP contribution < -0.4 is 15.4 Å². The number of ether oxygens (including phenoxy) is 2. The Morgan fingerprint density at radius 1 is 1.19 bits per heavy atom. The molecule has 2 aromatic rings. The Kier molecular flexibility index (Phi) is 6.12. The van der Waals surface area contributed by atoms with Crippen LogP contribution in [0.4, 0.5) is 11.4 Å². The van der Waals surface area contributed by atoms with Gasteiger partial charge in [-0.2, -0.15) is 0 Å². The van der Waals surface area contributed by atoms with Crippen LogP contribution in [0.25, 0.3) is 0 Å². The van der Waals surface area contributed by atoms with Gasteiger partial charge in [0.15, 0.2) is 0 Å². The van der Waals surface area contributed by atoms with Gasteiger partial charge in [0.1, 0.15) is 12.4 Å². The molecule has 5 nitrogen and oxygen atoms in total. The lowest BCUT2D eigenvalue weighted by atomic mass is 10.1. The van der Waals surface area contributed by atoms with Crippen LogP contribution in [-0.4, -0.2) is 31.8 Å². The number of carbonyl (C=O) groups is 1. The number of para-hydroxylation sites is 1. The first-order valence-electron chi connectivity index (χ1n) is 9.06. The largest absolute Gasteiger partial charge is 0.491 e. The summed E-state index contributed by atoms with van der Waals surface area (Å²) in [6, 6.07) is 13.5. The first-order valence-corrected chi connectivity index (χ1v) is 9.06. The maximum Gasteiger partial charge on any atom is 0.243 e. The normalized spacial score (nSPS) is 16.3. The molecule has 26 heavy (non-hydrogen) atoms. The minimum atomic E-state index is -0.0936. The van der Waals surface area contributed by atoms with Gasteiger partial charge in [-0.3, -0.25) is 4.79 Å². The topological polar surface area (TPSA) is 59.6 Å². The van der Waals surface area contributed by atoms with Gasteiger partial charge in [0.2, 0.25) is 5.91 Å². The van der Waals surface area contributed by atoms with Crippen LogP contribution in [0.1, 0.15) is 24.0 Å². The number of anilines is 2. The summed E-state index contributed by atoms with van der Waals surface area (Å²) in [7, 11) is 0. The number of amides is 1. The number of hydrogen-bond acceptors (Lipinski definition) is 4. The fraction of sp³-hybridized carbons (Fsp3) is 0.381. The number of rotatable bonds is 7. The Bertz CT molecular complexity index is 734. The highest BCUT2D eigenvalue weighted by molar-refractivity contribution is 5.94. The first kappa shape index (κ1) is 18.3. The lowest BCUT2D eigenvalue weighted by Gasteiger charge is -2.14. The van der Waals surface area contributed by atoms with Gasteiger partial charge in [-0.1, -0.05) is 24.3 Å². The summed E-state index contributed by atoms with van der Waals surface area (Å²) in [4.78, 5) is 12.3. The Labute approximate surface area is 154 Å². The minimum absolute atomic E-state index is 0.0936. The third-order valence-electron chi connectivity index (χ3n) is 4.48. The van der Waals surface area contributed by atoms with Crippen LogP contribution in [0.3, 0.4) is 0 Å². The molecule has 3 rings (SSSR count).